The van der Waals surface area contributed by atoms with Crippen LogP contribution in [-0.2, 0) is 10.0 Å². The fourth-order valence-corrected chi connectivity index (χ4v) is 2.97. The number of nitro groups is 1. The van der Waals surface area contributed by atoms with Crippen LogP contribution in [0.15, 0.2) is 23.1 Å². The average Bonchev–Trinajstić information content (AvgIpc) is 3.19. The predicted octanol–water partition coefficient (Wildman–Crippen LogP) is 1.32. The van der Waals surface area contributed by atoms with Gasteiger partial charge in [-0.15, -0.1) is 0 Å². The molecule has 2 rings (SSSR count). The molecule has 0 saturated heterocycles. The number of hydrogen-bond acceptors (Lipinski definition) is 5. The second-order valence-electron chi connectivity index (χ2n) is 4.48. The minimum absolute atomic E-state index is 0.301. The lowest BCUT2D eigenvalue weighted by Gasteiger charge is -2.08. The second kappa shape index (κ2) is 5.14. The first kappa shape index (κ1) is 13.8. The smallest absolute Gasteiger partial charge is 0.289 e. The SMILES string of the molecule is CNc1ccc([N+](=O)[O-])c(S(=O)(=O)NCC2CC2)c1. The summed E-state index contributed by atoms with van der Waals surface area (Å²) in [5.74, 6) is 0.362. The first-order valence-electron chi connectivity index (χ1n) is 5.90. The van der Waals surface area contributed by atoms with Gasteiger partial charge in [-0.1, -0.05) is 0 Å². The molecule has 1 aromatic rings. The van der Waals surface area contributed by atoms with E-state index in [-0.39, 0.29) is 4.90 Å². The van der Waals surface area contributed by atoms with Gasteiger partial charge in [-0.25, -0.2) is 13.1 Å². The Morgan fingerprint density at radius 1 is 1.42 bits per heavy atom. The Bertz CT molecular complexity index is 596. The fourth-order valence-electron chi connectivity index (χ4n) is 1.66. The molecule has 104 valence electrons. The first-order valence-corrected chi connectivity index (χ1v) is 7.38. The highest BCUT2D eigenvalue weighted by molar-refractivity contribution is 7.89. The normalized spacial score (nSPS) is 15.2. The van der Waals surface area contributed by atoms with Crippen molar-refractivity contribution >= 4 is 21.4 Å². The van der Waals surface area contributed by atoms with E-state index in [1.165, 1.54) is 18.2 Å². The lowest BCUT2D eigenvalue weighted by atomic mass is 10.3. The summed E-state index contributed by atoms with van der Waals surface area (Å²) in [5.41, 5.74) is 0.0969. The highest BCUT2D eigenvalue weighted by Crippen LogP contribution is 2.30. The van der Waals surface area contributed by atoms with E-state index < -0.39 is 20.6 Å². The number of hydrogen-bond donors (Lipinski definition) is 2. The summed E-state index contributed by atoms with van der Waals surface area (Å²) in [7, 11) is -2.24. The lowest BCUT2D eigenvalue weighted by molar-refractivity contribution is -0.387. The molecule has 1 fully saturated rings. The van der Waals surface area contributed by atoms with E-state index in [9.17, 15) is 18.5 Å². The molecule has 1 aromatic carbocycles. The highest BCUT2D eigenvalue weighted by atomic mass is 32.2. The summed E-state index contributed by atoms with van der Waals surface area (Å²) in [5, 5.41) is 13.7. The van der Waals surface area contributed by atoms with E-state index in [2.05, 4.69) is 10.0 Å². The van der Waals surface area contributed by atoms with E-state index in [4.69, 9.17) is 0 Å². The quantitative estimate of drug-likeness (QED) is 0.606. The summed E-state index contributed by atoms with van der Waals surface area (Å²) < 4.78 is 26.7. The molecule has 0 bridgehead atoms. The van der Waals surface area contributed by atoms with Crippen LogP contribution in [0.25, 0.3) is 0 Å². The molecule has 0 atom stereocenters. The van der Waals surface area contributed by atoms with Crippen molar-refractivity contribution in [3.63, 3.8) is 0 Å². The monoisotopic (exact) mass is 285 g/mol. The fraction of sp³-hybridized carbons (Fsp3) is 0.455. The zero-order chi connectivity index (χ0) is 14.0. The maximum atomic E-state index is 12.1. The average molecular weight is 285 g/mol. The largest absolute Gasteiger partial charge is 0.388 e. The van der Waals surface area contributed by atoms with Gasteiger partial charge in [-0.2, -0.15) is 0 Å². The van der Waals surface area contributed by atoms with Gasteiger partial charge in [0.15, 0.2) is 4.90 Å². The van der Waals surface area contributed by atoms with Crippen LogP contribution < -0.4 is 10.0 Å². The molecule has 0 radical (unpaired) electrons. The van der Waals surface area contributed by atoms with Crippen molar-refractivity contribution in [1.29, 1.82) is 0 Å². The van der Waals surface area contributed by atoms with Gasteiger partial charge in [0.1, 0.15) is 0 Å². The molecule has 0 aliphatic heterocycles. The van der Waals surface area contributed by atoms with Gasteiger partial charge in [0.05, 0.1) is 4.92 Å². The van der Waals surface area contributed by atoms with Crippen molar-refractivity contribution in [2.75, 3.05) is 18.9 Å². The first-order chi connectivity index (χ1) is 8.94. The molecule has 8 heteroatoms. The van der Waals surface area contributed by atoms with E-state index in [0.717, 1.165) is 12.8 Å². The number of anilines is 1. The zero-order valence-electron chi connectivity index (χ0n) is 10.4. The molecule has 0 heterocycles. The molecule has 7 nitrogen and oxygen atoms in total. The molecule has 0 spiro atoms. The maximum absolute atomic E-state index is 12.1. The molecule has 0 aromatic heterocycles. The number of benzene rings is 1. The Morgan fingerprint density at radius 3 is 2.63 bits per heavy atom. The van der Waals surface area contributed by atoms with Crippen LogP contribution in [0.1, 0.15) is 12.8 Å². The van der Waals surface area contributed by atoms with Gasteiger partial charge in [-0.05, 0) is 30.9 Å². The molecule has 0 unspecified atom stereocenters. The third-order valence-electron chi connectivity index (χ3n) is 2.99. The highest BCUT2D eigenvalue weighted by Gasteiger charge is 2.29. The predicted molar refractivity (Wildman–Crippen MR) is 70.6 cm³/mol. The topological polar surface area (TPSA) is 101 Å². The number of nitrogens with zero attached hydrogens (tertiary/aromatic N) is 1. The molecule has 1 aliphatic rings. The molecule has 2 N–H and O–H groups in total. The van der Waals surface area contributed by atoms with Crippen molar-refractivity contribution in [3.05, 3.63) is 28.3 Å². The van der Waals surface area contributed by atoms with Crippen molar-refractivity contribution in [1.82, 2.24) is 4.72 Å². The zero-order valence-corrected chi connectivity index (χ0v) is 11.2. The van der Waals surface area contributed by atoms with Gasteiger partial charge in [0.2, 0.25) is 10.0 Å². The molecule has 1 saturated carbocycles. The van der Waals surface area contributed by atoms with Crippen LogP contribution in [-0.4, -0.2) is 26.9 Å². The van der Waals surface area contributed by atoms with Crippen molar-refractivity contribution in [2.45, 2.75) is 17.7 Å². The Kier molecular flexibility index (Phi) is 3.72. The van der Waals surface area contributed by atoms with Crippen LogP contribution in [0.5, 0.6) is 0 Å². The van der Waals surface area contributed by atoms with Crippen molar-refractivity contribution in [3.8, 4) is 0 Å². The number of rotatable bonds is 6. The summed E-state index contributed by atoms with van der Waals surface area (Å²) >= 11 is 0. The van der Waals surface area contributed by atoms with Gasteiger partial charge in [-0.3, -0.25) is 10.1 Å². The Morgan fingerprint density at radius 2 is 2.11 bits per heavy atom. The number of sulfonamides is 1. The molecule has 19 heavy (non-hydrogen) atoms. The van der Waals surface area contributed by atoms with Crippen LogP contribution >= 0.6 is 0 Å². The standard InChI is InChI=1S/C11H15N3O4S/c1-12-9-4-5-10(14(15)16)11(6-9)19(17,18)13-7-8-2-3-8/h4-6,8,12-13H,2-3,7H2,1H3. The van der Waals surface area contributed by atoms with E-state index in [1.54, 1.807) is 7.05 Å². The summed E-state index contributed by atoms with van der Waals surface area (Å²) in [6.45, 7) is 0.337. The van der Waals surface area contributed by atoms with Gasteiger partial charge in [0, 0.05) is 25.3 Å². The minimum atomic E-state index is -3.86. The van der Waals surface area contributed by atoms with Gasteiger partial charge >= 0.3 is 0 Å². The molecular weight excluding hydrogens is 270 g/mol. The second-order valence-corrected chi connectivity index (χ2v) is 6.22. The van der Waals surface area contributed by atoms with Crippen LogP contribution in [0.4, 0.5) is 11.4 Å². The van der Waals surface area contributed by atoms with E-state index in [1.807, 2.05) is 0 Å². The van der Waals surface area contributed by atoms with E-state index >= 15 is 0 Å². The van der Waals surface area contributed by atoms with Gasteiger partial charge < -0.3 is 5.32 Å². The molecular formula is C11H15N3O4S. The Balaban J connectivity index is 2.36. The third kappa shape index (κ3) is 3.21. The van der Waals surface area contributed by atoms with Gasteiger partial charge in [0.25, 0.3) is 5.69 Å². The lowest BCUT2D eigenvalue weighted by Crippen LogP contribution is -2.26. The number of nitrogens with one attached hydrogen (secondary N) is 2. The van der Waals surface area contributed by atoms with E-state index in [0.29, 0.717) is 18.2 Å². The third-order valence-corrected chi connectivity index (χ3v) is 4.45. The van der Waals surface area contributed by atoms with Crippen LogP contribution in [0.3, 0.4) is 0 Å². The van der Waals surface area contributed by atoms with Crippen LogP contribution in [0.2, 0.25) is 0 Å². The maximum Gasteiger partial charge on any atom is 0.289 e. The molecule has 0 amide bonds. The Labute approximate surface area is 111 Å². The van der Waals surface area contributed by atoms with Crippen molar-refractivity contribution < 1.29 is 13.3 Å². The Hall–Kier alpha value is -1.67. The summed E-state index contributed by atoms with van der Waals surface area (Å²) in [6, 6.07) is 3.93. The summed E-state index contributed by atoms with van der Waals surface area (Å²) in [6.07, 6.45) is 2.00. The minimum Gasteiger partial charge on any atom is -0.388 e. The summed E-state index contributed by atoms with van der Waals surface area (Å²) in [4.78, 5) is 9.92. The molecule has 1 aliphatic carbocycles. The van der Waals surface area contributed by atoms with Crippen molar-refractivity contribution in [2.24, 2.45) is 5.92 Å². The van der Waals surface area contributed by atoms with Crippen LogP contribution in [0, 0.1) is 16.0 Å². The number of nitro benzene ring substituents is 1.